The van der Waals surface area contributed by atoms with Crippen LogP contribution in [0.2, 0.25) is 0 Å². The lowest BCUT2D eigenvalue weighted by atomic mass is 9.81. The van der Waals surface area contributed by atoms with Crippen LogP contribution < -0.4 is 4.74 Å². The molecule has 0 radical (unpaired) electrons. The zero-order chi connectivity index (χ0) is 15.6. The van der Waals surface area contributed by atoms with E-state index in [0.29, 0.717) is 12.7 Å². The molecule has 3 nitrogen and oxygen atoms in total. The van der Waals surface area contributed by atoms with Crippen LogP contribution in [0.5, 0.6) is 5.75 Å². The fourth-order valence-electron chi connectivity index (χ4n) is 3.25. The van der Waals surface area contributed by atoms with Gasteiger partial charge in [-0.15, -0.1) is 0 Å². The third kappa shape index (κ3) is 3.64. The highest BCUT2D eigenvalue weighted by Gasteiger charge is 2.29. The summed E-state index contributed by atoms with van der Waals surface area (Å²) in [7, 11) is 0. The number of likely N-dealkylation sites (tertiary alicyclic amines) is 1. The molecule has 0 bridgehead atoms. The van der Waals surface area contributed by atoms with Crippen LogP contribution in [0.25, 0.3) is 0 Å². The van der Waals surface area contributed by atoms with Crippen LogP contribution in [0.3, 0.4) is 0 Å². The molecule has 22 heavy (non-hydrogen) atoms. The van der Waals surface area contributed by atoms with Gasteiger partial charge in [0.05, 0.1) is 6.10 Å². The maximum Gasteiger partial charge on any atom is 0.120 e. The number of benzene rings is 1. The average Bonchev–Trinajstić information content (AvgIpc) is 2.48. The smallest absolute Gasteiger partial charge is 0.120 e. The Morgan fingerprint density at radius 2 is 2.00 bits per heavy atom. The minimum atomic E-state index is 0.131. The molecule has 122 valence electrons. The molecule has 0 amide bonds. The van der Waals surface area contributed by atoms with Crippen molar-refractivity contribution in [3.8, 4) is 5.75 Å². The maximum absolute atomic E-state index is 9.47. The molecule has 1 heterocycles. The number of hydrogen-bond acceptors (Lipinski definition) is 3. The van der Waals surface area contributed by atoms with Gasteiger partial charge in [-0.1, -0.05) is 13.0 Å². The van der Waals surface area contributed by atoms with E-state index < -0.39 is 0 Å². The summed E-state index contributed by atoms with van der Waals surface area (Å²) < 4.78 is 5.98. The molecule has 1 saturated heterocycles. The molecule has 1 aliphatic carbocycles. The molecular weight excluding hydrogens is 274 g/mol. The predicted molar refractivity (Wildman–Crippen MR) is 89.1 cm³/mol. The fraction of sp³-hybridized carbons (Fsp3) is 0.684. The molecule has 0 unspecified atom stereocenters. The lowest BCUT2D eigenvalue weighted by Crippen LogP contribution is -2.40. The summed E-state index contributed by atoms with van der Waals surface area (Å²) in [5.41, 5.74) is 2.85. The molecule has 1 saturated carbocycles. The first-order chi connectivity index (χ1) is 10.6. The van der Waals surface area contributed by atoms with Gasteiger partial charge in [0.15, 0.2) is 0 Å². The topological polar surface area (TPSA) is 32.7 Å². The molecule has 1 aromatic carbocycles. The molecule has 0 spiro atoms. The molecule has 1 aromatic rings. The number of rotatable bonds is 5. The van der Waals surface area contributed by atoms with Crippen LogP contribution in [-0.4, -0.2) is 35.8 Å². The second-order valence-electron chi connectivity index (χ2n) is 7.50. The molecule has 2 aliphatic rings. The first-order valence-corrected chi connectivity index (χ1v) is 8.67. The van der Waals surface area contributed by atoms with E-state index in [1.54, 1.807) is 0 Å². The van der Waals surface area contributed by atoms with Crippen molar-refractivity contribution < 1.29 is 9.84 Å². The van der Waals surface area contributed by atoms with Crippen LogP contribution in [0.4, 0.5) is 0 Å². The monoisotopic (exact) mass is 303 g/mol. The summed E-state index contributed by atoms with van der Waals surface area (Å²) in [4.78, 5) is 2.51. The van der Waals surface area contributed by atoms with E-state index in [2.05, 4.69) is 36.9 Å². The van der Waals surface area contributed by atoms with Gasteiger partial charge in [-0.2, -0.15) is 0 Å². The second-order valence-corrected chi connectivity index (χ2v) is 7.50. The summed E-state index contributed by atoms with van der Waals surface area (Å²) in [6, 6.07) is 6.54. The number of ether oxygens (including phenoxy) is 1. The van der Waals surface area contributed by atoms with Gasteiger partial charge in [0.25, 0.3) is 0 Å². The van der Waals surface area contributed by atoms with Crippen LogP contribution in [-0.2, 0) is 6.54 Å². The average molecular weight is 303 g/mol. The molecular formula is C19H29NO2. The summed E-state index contributed by atoms with van der Waals surface area (Å²) in [5, 5.41) is 9.47. The van der Waals surface area contributed by atoms with Crippen molar-refractivity contribution in [1.82, 2.24) is 4.90 Å². The van der Waals surface area contributed by atoms with Crippen molar-refractivity contribution in [3.63, 3.8) is 0 Å². The maximum atomic E-state index is 9.47. The standard InChI is InChI=1S/C19H29NO2/c1-15-12-18(22-17-4-3-5-17)7-6-16(15)13-20-10-8-19(2,14-21)9-11-20/h6-7,12,17,21H,3-5,8-11,13-14H2,1-2H3. The highest BCUT2D eigenvalue weighted by Crippen LogP contribution is 2.31. The number of aryl methyl sites for hydroxylation is 1. The largest absolute Gasteiger partial charge is 0.490 e. The Morgan fingerprint density at radius 3 is 2.55 bits per heavy atom. The Balaban J connectivity index is 1.56. The van der Waals surface area contributed by atoms with Crippen molar-refractivity contribution in [3.05, 3.63) is 29.3 Å². The van der Waals surface area contributed by atoms with Gasteiger partial charge >= 0.3 is 0 Å². The van der Waals surface area contributed by atoms with Crippen LogP contribution in [0.1, 0.15) is 50.2 Å². The summed E-state index contributed by atoms with van der Waals surface area (Å²) >= 11 is 0. The number of piperidine rings is 1. The summed E-state index contributed by atoms with van der Waals surface area (Å²) in [5.74, 6) is 1.03. The number of aliphatic hydroxyl groups is 1. The van der Waals surface area contributed by atoms with E-state index in [-0.39, 0.29) is 5.41 Å². The van der Waals surface area contributed by atoms with E-state index in [4.69, 9.17) is 4.74 Å². The van der Waals surface area contributed by atoms with E-state index in [1.165, 1.54) is 30.4 Å². The highest BCUT2D eigenvalue weighted by atomic mass is 16.5. The van der Waals surface area contributed by atoms with Crippen LogP contribution >= 0.6 is 0 Å². The van der Waals surface area contributed by atoms with Crippen LogP contribution in [0.15, 0.2) is 18.2 Å². The summed E-state index contributed by atoms with van der Waals surface area (Å²) in [6.45, 7) is 7.87. The van der Waals surface area contributed by atoms with Gasteiger partial charge in [0.1, 0.15) is 5.75 Å². The van der Waals surface area contributed by atoms with Gasteiger partial charge in [0, 0.05) is 13.2 Å². The van der Waals surface area contributed by atoms with Gasteiger partial charge in [0.2, 0.25) is 0 Å². The minimum absolute atomic E-state index is 0.131. The Bertz CT molecular complexity index is 502. The van der Waals surface area contributed by atoms with E-state index in [9.17, 15) is 5.11 Å². The first kappa shape index (κ1) is 15.8. The quantitative estimate of drug-likeness (QED) is 0.903. The van der Waals surface area contributed by atoms with Crippen molar-refractivity contribution >= 4 is 0 Å². The van der Waals surface area contributed by atoms with Gasteiger partial charge < -0.3 is 9.84 Å². The second kappa shape index (κ2) is 6.59. The van der Waals surface area contributed by atoms with E-state index in [1.807, 2.05) is 0 Å². The lowest BCUT2D eigenvalue weighted by Gasteiger charge is -2.38. The first-order valence-electron chi connectivity index (χ1n) is 8.67. The van der Waals surface area contributed by atoms with Crippen molar-refractivity contribution in [2.75, 3.05) is 19.7 Å². The SMILES string of the molecule is Cc1cc(OC2CCC2)ccc1CN1CCC(C)(CO)CC1. The predicted octanol–water partition coefficient (Wildman–Crippen LogP) is 3.52. The molecule has 3 rings (SSSR count). The Hall–Kier alpha value is -1.06. The molecule has 3 heteroatoms. The van der Waals surface area contributed by atoms with Crippen molar-refractivity contribution in [1.29, 1.82) is 0 Å². The molecule has 2 fully saturated rings. The Labute approximate surface area is 134 Å². The van der Waals surface area contributed by atoms with Gasteiger partial charge in [-0.3, -0.25) is 4.90 Å². The zero-order valence-electron chi connectivity index (χ0n) is 14.0. The Morgan fingerprint density at radius 1 is 1.27 bits per heavy atom. The van der Waals surface area contributed by atoms with Crippen LogP contribution in [0, 0.1) is 12.3 Å². The molecule has 0 atom stereocenters. The minimum Gasteiger partial charge on any atom is -0.490 e. The number of hydrogen-bond donors (Lipinski definition) is 1. The van der Waals surface area contributed by atoms with Gasteiger partial charge in [-0.25, -0.2) is 0 Å². The highest BCUT2D eigenvalue weighted by molar-refractivity contribution is 5.35. The third-order valence-corrected chi connectivity index (χ3v) is 5.51. The normalized spacial score (nSPS) is 22.3. The molecule has 0 aromatic heterocycles. The van der Waals surface area contributed by atoms with Gasteiger partial charge in [-0.05, 0) is 80.8 Å². The Kier molecular flexibility index (Phi) is 4.74. The lowest BCUT2D eigenvalue weighted by molar-refractivity contribution is 0.0556. The summed E-state index contributed by atoms with van der Waals surface area (Å²) in [6.07, 6.45) is 6.35. The van der Waals surface area contributed by atoms with E-state index >= 15 is 0 Å². The fourth-order valence-corrected chi connectivity index (χ4v) is 3.25. The number of aliphatic hydroxyl groups excluding tert-OH is 1. The number of nitrogens with zero attached hydrogens (tertiary/aromatic N) is 1. The van der Waals surface area contributed by atoms with Crippen molar-refractivity contribution in [2.45, 2.75) is 58.6 Å². The van der Waals surface area contributed by atoms with E-state index in [0.717, 1.165) is 38.2 Å². The van der Waals surface area contributed by atoms with Crippen molar-refractivity contribution in [2.24, 2.45) is 5.41 Å². The molecule has 1 N–H and O–H groups in total. The molecule has 1 aliphatic heterocycles. The zero-order valence-corrected chi connectivity index (χ0v) is 14.0. The third-order valence-electron chi connectivity index (χ3n) is 5.51.